The van der Waals surface area contributed by atoms with Crippen LogP contribution in [0.3, 0.4) is 0 Å². The highest BCUT2D eigenvalue weighted by Gasteiger charge is 2.22. The molecule has 1 amide bonds. The zero-order valence-electron chi connectivity index (χ0n) is 16.2. The maximum absolute atomic E-state index is 11.6. The summed E-state index contributed by atoms with van der Waals surface area (Å²) in [5.41, 5.74) is 1.43. The molecule has 0 bridgehead atoms. The monoisotopic (exact) mass is 381 g/mol. The Kier molecular flexibility index (Phi) is 4.91. The van der Waals surface area contributed by atoms with E-state index in [-0.39, 0.29) is 12.0 Å². The van der Waals surface area contributed by atoms with Crippen LogP contribution in [0.25, 0.3) is 22.2 Å². The number of pyridine rings is 2. The fourth-order valence-corrected chi connectivity index (χ4v) is 3.52. The summed E-state index contributed by atoms with van der Waals surface area (Å²) in [5.74, 6) is 1.20. The van der Waals surface area contributed by atoms with Crippen molar-refractivity contribution in [2.75, 3.05) is 30.4 Å². The number of hydrogen-bond acceptors (Lipinski definition) is 7. The molecule has 0 atom stereocenters. The highest BCUT2D eigenvalue weighted by Crippen LogP contribution is 2.31. The normalized spacial score (nSPS) is 15.2. The summed E-state index contributed by atoms with van der Waals surface area (Å²) in [5, 5.41) is 12.8. The lowest BCUT2D eigenvalue weighted by molar-refractivity contribution is -0.114. The third-order valence-corrected chi connectivity index (χ3v) is 4.94. The Bertz CT molecular complexity index is 1010. The van der Waals surface area contributed by atoms with Crippen molar-refractivity contribution >= 4 is 28.3 Å². The summed E-state index contributed by atoms with van der Waals surface area (Å²) in [4.78, 5) is 23.1. The number of nitrogens with one attached hydrogen (secondary N) is 1. The van der Waals surface area contributed by atoms with Gasteiger partial charge in [-0.15, -0.1) is 5.10 Å². The number of fused-ring (bicyclic) bond motifs is 1. The van der Waals surface area contributed by atoms with E-state index in [1.165, 1.54) is 6.92 Å². The molecule has 0 aromatic carbocycles. The zero-order chi connectivity index (χ0) is 19.7. The van der Waals surface area contributed by atoms with Crippen LogP contribution in [0.2, 0.25) is 0 Å². The van der Waals surface area contributed by atoms with Crippen molar-refractivity contribution in [2.24, 2.45) is 7.05 Å². The fraction of sp³-hybridized carbons (Fsp3) is 0.421. The molecule has 0 saturated carbocycles. The Labute approximate surface area is 162 Å². The van der Waals surface area contributed by atoms with Crippen molar-refractivity contribution in [3.8, 4) is 11.4 Å². The van der Waals surface area contributed by atoms with E-state index >= 15 is 0 Å². The molecule has 3 aromatic heterocycles. The van der Waals surface area contributed by atoms with Gasteiger partial charge in [0.05, 0.1) is 18.0 Å². The predicted molar refractivity (Wildman–Crippen MR) is 106 cm³/mol. The molecule has 0 aliphatic carbocycles. The van der Waals surface area contributed by atoms with Gasteiger partial charge in [0.15, 0.2) is 0 Å². The van der Waals surface area contributed by atoms with E-state index in [0.29, 0.717) is 11.5 Å². The van der Waals surface area contributed by atoms with Crippen molar-refractivity contribution in [1.29, 1.82) is 0 Å². The van der Waals surface area contributed by atoms with Crippen LogP contribution < -0.4 is 10.2 Å². The number of piperidine rings is 1. The van der Waals surface area contributed by atoms with Gasteiger partial charge in [0.1, 0.15) is 17.3 Å². The van der Waals surface area contributed by atoms with Gasteiger partial charge in [-0.05, 0) is 30.4 Å². The number of nitrogens with zero attached hydrogens (tertiary/aromatic N) is 6. The van der Waals surface area contributed by atoms with E-state index < -0.39 is 0 Å². The molecule has 0 spiro atoms. The van der Waals surface area contributed by atoms with E-state index in [9.17, 15) is 4.79 Å². The minimum absolute atomic E-state index is 0.154. The molecule has 1 N–H and O–H groups in total. The summed E-state index contributed by atoms with van der Waals surface area (Å²) >= 11 is 0. The summed E-state index contributed by atoms with van der Waals surface area (Å²) in [7, 11) is 3.57. The van der Waals surface area contributed by atoms with Crippen LogP contribution in [0.15, 0.2) is 24.5 Å². The molecular weight excluding hydrogens is 358 g/mol. The largest absolute Gasteiger partial charge is 0.381 e. The molecule has 28 heavy (non-hydrogen) atoms. The van der Waals surface area contributed by atoms with E-state index in [4.69, 9.17) is 9.72 Å². The number of hydrogen-bond donors (Lipinski definition) is 1. The van der Waals surface area contributed by atoms with Crippen LogP contribution in [-0.2, 0) is 16.6 Å². The number of methoxy groups -OCH3 is 1. The van der Waals surface area contributed by atoms with Crippen LogP contribution in [0.4, 0.5) is 11.6 Å². The van der Waals surface area contributed by atoms with Crippen LogP contribution in [-0.4, -0.2) is 57.2 Å². The van der Waals surface area contributed by atoms with Gasteiger partial charge in [0, 0.05) is 45.8 Å². The van der Waals surface area contributed by atoms with Crippen molar-refractivity contribution in [1.82, 2.24) is 25.0 Å². The average Bonchev–Trinajstić information content (AvgIpc) is 3.13. The number of aryl methyl sites for hydroxylation is 1. The maximum atomic E-state index is 11.6. The lowest BCUT2D eigenvalue weighted by atomic mass is 10.1. The first-order valence-corrected chi connectivity index (χ1v) is 9.26. The van der Waals surface area contributed by atoms with Crippen molar-refractivity contribution in [2.45, 2.75) is 25.9 Å². The van der Waals surface area contributed by atoms with Gasteiger partial charge in [-0.1, -0.05) is 5.21 Å². The van der Waals surface area contributed by atoms with Gasteiger partial charge >= 0.3 is 0 Å². The summed E-state index contributed by atoms with van der Waals surface area (Å²) in [6.45, 7) is 3.17. The van der Waals surface area contributed by atoms with E-state index in [0.717, 1.165) is 48.2 Å². The van der Waals surface area contributed by atoms with E-state index in [2.05, 4.69) is 25.5 Å². The molecule has 1 aliphatic rings. The van der Waals surface area contributed by atoms with Gasteiger partial charge in [-0.25, -0.2) is 4.98 Å². The van der Waals surface area contributed by atoms with E-state index in [1.807, 2.05) is 31.6 Å². The van der Waals surface area contributed by atoms with Crippen LogP contribution >= 0.6 is 0 Å². The Morgan fingerprint density at radius 2 is 2.04 bits per heavy atom. The van der Waals surface area contributed by atoms with Crippen LogP contribution in [0, 0.1) is 0 Å². The molecule has 0 radical (unpaired) electrons. The standard InChI is InChI=1S/C19H23N7O2/c1-12(27)21-18-9-13-8-16(17-11-25(2)24-23-17)20-10-15(13)19(22-18)26-6-4-14(28-3)5-7-26/h8-11,14H,4-7H2,1-3H3,(H,21,22,27). The molecular formula is C19H23N7O2. The first-order chi connectivity index (χ1) is 13.5. The molecule has 4 rings (SSSR count). The molecule has 146 valence electrons. The first-order valence-electron chi connectivity index (χ1n) is 9.26. The minimum atomic E-state index is -0.154. The number of amides is 1. The zero-order valence-corrected chi connectivity index (χ0v) is 16.2. The predicted octanol–water partition coefficient (Wildman–Crippen LogP) is 2.00. The van der Waals surface area contributed by atoms with Crippen molar-refractivity contribution in [3.05, 3.63) is 24.5 Å². The average molecular weight is 381 g/mol. The van der Waals surface area contributed by atoms with E-state index in [1.54, 1.807) is 11.8 Å². The first kappa shape index (κ1) is 18.3. The summed E-state index contributed by atoms with van der Waals surface area (Å²) in [6.07, 6.45) is 5.80. The third kappa shape index (κ3) is 3.65. The topological polar surface area (TPSA) is 98.1 Å². The smallest absolute Gasteiger partial charge is 0.222 e. The second kappa shape index (κ2) is 7.51. The Morgan fingerprint density at radius 1 is 1.25 bits per heavy atom. The van der Waals surface area contributed by atoms with Crippen LogP contribution in [0.5, 0.6) is 0 Å². The number of carbonyl (C=O) groups is 1. The number of aromatic nitrogens is 5. The van der Waals surface area contributed by atoms with Gasteiger partial charge in [-0.3, -0.25) is 14.5 Å². The SMILES string of the molecule is COC1CCN(c2nc(NC(C)=O)cc3cc(-c4cn(C)nn4)ncc23)CC1. The van der Waals surface area contributed by atoms with Crippen molar-refractivity contribution in [3.63, 3.8) is 0 Å². The highest BCUT2D eigenvalue weighted by molar-refractivity contribution is 5.97. The molecule has 1 fully saturated rings. The Balaban J connectivity index is 1.77. The Hall–Kier alpha value is -3.07. The second-order valence-electron chi connectivity index (χ2n) is 7.00. The second-order valence-corrected chi connectivity index (χ2v) is 7.00. The number of carbonyl (C=O) groups excluding carboxylic acids is 1. The maximum Gasteiger partial charge on any atom is 0.222 e. The number of anilines is 2. The molecule has 4 heterocycles. The molecule has 9 heteroatoms. The number of rotatable bonds is 4. The summed E-state index contributed by atoms with van der Waals surface area (Å²) < 4.78 is 7.12. The summed E-state index contributed by atoms with van der Waals surface area (Å²) in [6, 6.07) is 3.82. The molecule has 0 unspecified atom stereocenters. The molecule has 1 aliphatic heterocycles. The van der Waals surface area contributed by atoms with Gasteiger partial charge in [0.25, 0.3) is 0 Å². The van der Waals surface area contributed by atoms with Gasteiger partial charge in [-0.2, -0.15) is 0 Å². The Morgan fingerprint density at radius 3 is 2.68 bits per heavy atom. The third-order valence-electron chi connectivity index (χ3n) is 4.94. The molecule has 3 aromatic rings. The minimum Gasteiger partial charge on any atom is -0.381 e. The highest BCUT2D eigenvalue weighted by atomic mass is 16.5. The molecule has 1 saturated heterocycles. The lowest BCUT2D eigenvalue weighted by Gasteiger charge is -2.33. The fourth-order valence-electron chi connectivity index (χ4n) is 3.52. The van der Waals surface area contributed by atoms with Gasteiger partial charge < -0.3 is 15.0 Å². The van der Waals surface area contributed by atoms with Crippen molar-refractivity contribution < 1.29 is 9.53 Å². The van der Waals surface area contributed by atoms with Crippen LogP contribution in [0.1, 0.15) is 19.8 Å². The number of ether oxygens (including phenoxy) is 1. The molecule has 9 nitrogen and oxygen atoms in total. The lowest BCUT2D eigenvalue weighted by Crippen LogP contribution is -2.37. The quantitative estimate of drug-likeness (QED) is 0.738. The van der Waals surface area contributed by atoms with Gasteiger partial charge in [0.2, 0.25) is 5.91 Å².